The molecule has 0 saturated carbocycles. The molecule has 1 aliphatic carbocycles. The minimum absolute atomic E-state index is 0.111. The minimum atomic E-state index is -3.72. The molecule has 0 heterocycles. The van der Waals surface area contributed by atoms with Gasteiger partial charge in [-0.25, -0.2) is 8.42 Å². The van der Waals surface area contributed by atoms with Crippen LogP contribution in [0.1, 0.15) is 17.5 Å². The highest BCUT2D eigenvalue weighted by Gasteiger charge is 2.19. The maximum absolute atomic E-state index is 12.4. The summed E-state index contributed by atoms with van der Waals surface area (Å²) in [6, 6.07) is 9.40. The minimum Gasteiger partial charge on any atom is -0.506 e. The van der Waals surface area contributed by atoms with Crippen molar-refractivity contribution >= 4 is 27.3 Å². The molecule has 110 valence electrons. The van der Waals surface area contributed by atoms with Gasteiger partial charge in [-0.3, -0.25) is 4.72 Å². The fraction of sp³-hybridized carbons (Fsp3) is 0.200. The van der Waals surface area contributed by atoms with Crippen LogP contribution < -0.4 is 4.72 Å². The van der Waals surface area contributed by atoms with Gasteiger partial charge in [0.05, 0.1) is 10.6 Å². The van der Waals surface area contributed by atoms with E-state index in [1.54, 1.807) is 12.1 Å². The van der Waals surface area contributed by atoms with Gasteiger partial charge >= 0.3 is 0 Å². The van der Waals surface area contributed by atoms with E-state index in [1.807, 2.05) is 6.07 Å². The SMILES string of the molecule is O=S(=O)(Nc1ccc(Cl)cc1O)c1ccc2c(c1)CCC2. The molecule has 1 aliphatic rings. The van der Waals surface area contributed by atoms with E-state index < -0.39 is 10.0 Å². The maximum atomic E-state index is 12.4. The number of hydrogen-bond acceptors (Lipinski definition) is 3. The molecule has 2 aromatic carbocycles. The Morgan fingerprint density at radius 3 is 2.57 bits per heavy atom. The second kappa shape index (κ2) is 5.24. The van der Waals surface area contributed by atoms with Gasteiger partial charge in [-0.1, -0.05) is 17.7 Å². The van der Waals surface area contributed by atoms with Crippen molar-refractivity contribution in [3.05, 3.63) is 52.5 Å². The molecule has 0 saturated heterocycles. The van der Waals surface area contributed by atoms with Gasteiger partial charge in [-0.15, -0.1) is 0 Å². The average molecular weight is 324 g/mol. The van der Waals surface area contributed by atoms with Gasteiger partial charge in [0.1, 0.15) is 5.75 Å². The molecule has 0 fully saturated rings. The van der Waals surface area contributed by atoms with Crippen LogP contribution in [0.2, 0.25) is 5.02 Å². The Hall–Kier alpha value is -1.72. The maximum Gasteiger partial charge on any atom is 0.262 e. The molecular formula is C15H14ClNO3S. The van der Waals surface area contributed by atoms with Gasteiger partial charge in [0.15, 0.2) is 0 Å². The number of aryl methyl sites for hydroxylation is 2. The normalized spacial score (nSPS) is 14.0. The summed E-state index contributed by atoms with van der Waals surface area (Å²) in [5.74, 6) is -0.202. The Balaban J connectivity index is 1.93. The van der Waals surface area contributed by atoms with Crippen molar-refractivity contribution in [1.82, 2.24) is 0 Å². The number of anilines is 1. The third-order valence-corrected chi connectivity index (χ3v) is 5.18. The molecule has 0 atom stereocenters. The Morgan fingerprint density at radius 1 is 1.05 bits per heavy atom. The summed E-state index contributed by atoms with van der Waals surface area (Å²) in [7, 11) is -3.72. The Kier molecular flexibility index (Phi) is 3.55. The highest BCUT2D eigenvalue weighted by molar-refractivity contribution is 7.92. The van der Waals surface area contributed by atoms with Crippen LogP contribution in [-0.4, -0.2) is 13.5 Å². The number of fused-ring (bicyclic) bond motifs is 1. The first-order valence-electron chi connectivity index (χ1n) is 6.59. The second-order valence-electron chi connectivity index (χ2n) is 5.05. The first-order valence-corrected chi connectivity index (χ1v) is 8.45. The van der Waals surface area contributed by atoms with Crippen LogP contribution in [0.15, 0.2) is 41.3 Å². The van der Waals surface area contributed by atoms with Crippen LogP contribution in [0.3, 0.4) is 0 Å². The van der Waals surface area contributed by atoms with Crippen LogP contribution in [-0.2, 0) is 22.9 Å². The molecule has 0 aromatic heterocycles. The highest BCUT2D eigenvalue weighted by atomic mass is 35.5. The zero-order chi connectivity index (χ0) is 15.0. The molecule has 0 amide bonds. The van der Waals surface area contributed by atoms with E-state index >= 15 is 0 Å². The summed E-state index contributed by atoms with van der Waals surface area (Å²) in [6.07, 6.45) is 2.97. The summed E-state index contributed by atoms with van der Waals surface area (Å²) in [5, 5.41) is 10.1. The fourth-order valence-electron chi connectivity index (χ4n) is 2.51. The molecule has 3 rings (SSSR count). The van der Waals surface area contributed by atoms with Crippen molar-refractivity contribution in [3.63, 3.8) is 0 Å². The highest BCUT2D eigenvalue weighted by Crippen LogP contribution is 2.30. The largest absolute Gasteiger partial charge is 0.506 e. The number of hydrogen-bond donors (Lipinski definition) is 2. The van der Waals surface area contributed by atoms with Crippen molar-refractivity contribution in [2.75, 3.05) is 4.72 Å². The second-order valence-corrected chi connectivity index (χ2v) is 7.17. The lowest BCUT2D eigenvalue weighted by molar-refractivity contribution is 0.477. The molecule has 6 heteroatoms. The van der Waals surface area contributed by atoms with E-state index in [-0.39, 0.29) is 16.3 Å². The quantitative estimate of drug-likeness (QED) is 0.851. The van der Waals surface area contributed by atoms with Gasteiger partial charge in [0.2, 0.25) is 0 Å². The molecular weight excluding hydrogens is 310 g/mol. The van der Waals surface area contributed by atoms with Crippen molar-refractivity contribution in [2.24, 2.45) is 0 Å². The lowest BCUT2D eigenvalue weighted by atomic mass is 10.1. The standard InChI is InChI=1S/C15H14ClNO3S/c16-12-5-7-14(15(18)9-12)17-21(19,20)13-6-4-10-2-1-3-11(10)8-13/h4-9,17-18H,1-3H2. The lowest BCUT2D eigenvalue weighted by Gasteiger charge is -2.11. The molecule has 0 unspecified atom stereocenters. The molecule has 2 N–H and O–H groups in total. The number of phenolic OH excluding ortho intramolecular Hbond substituents is 1. The van der Waals surface area contributed by atoms with Crippen molar-refractivity contribution in [2.45, 2.75) is 24.2 Å². The topological polar surface area (TPSA) is 66.4 Å². The molecule has 0 radical (unpaired) electrons. The molecule has 4 nitrogen and oxygen atoms in total. The van der Waals surface area contributed by atoms with Crippen LogP contribution in [0.5, 0.6) is 5.75 Å². The number of sulfonamides is 1. The Bertz CT molecular complexity index is 803. The molecule has 0 spiro atoms. The molecule has 21 heavy (non-hydrogen) atoms. The Labute approximate surface area is 128 Å². The van der Waals surface area contributed by atoms with Gasteiger partial charge in [0.25, 0.3) is 10.0 Å². The summed E-state index contributed by atoms with van der Waals surface area (Å²) in [6.45, 7) is 0. The van der Waals surface area contributed by atoms with Crippen molar-refractivity contribution in [1.29, 1.82) is 0 Å². The summed E-state index contributed by atoms with van der Waals surface area (Å²) < 4.78 is 27.2. The lowest BCUT2D eigenvalue weighted by Crippen LogP contribution is -2.13. The van der Waals surface area contributed by atoms with Gasteiger partial charge in [-0.2, -0.15) is 0 Å². The third-order valence-electron chi connectivity index (χ3n) is 3.58. The first-order chi connectivity index (χ1) is 9.95. The van der Waals surface area contributed by atoms with E-state index in [0.717, 1.165) is 24.8 Å². The van der Waals surface area contributed by atoms with E-state index in [4.69, 9.17) is 11.6 Å². The van der Waals surface area contributed by atoms with Gasteiger partial charge in [-0.05, 0) is 54.7 Å². The van der Waals surface area contributed by atoms with Crippen LogP contribution in [0, 0.1) is 0 Å². The van der Waals surface area contributed by atoms with Crippen LogP contribution >= 0.6 is 11.6 Å². The predicted molar refractivity (Wildman–Crippen MR) is 82.4 cm³/mol. The summed E-state index contributed by atoms with van der Waals surface area (Å²) >= 11 is 5.73. The van der Waals surface area contributed by atoms with Crippen LogP contribution in [0.4, 0.5) is 5.69 Å². The number of rotatable bonds is 3. The smallest absolute Gasteiger partial charge is 0.262 e. The van der Waals surface area contributed by atoms with E-state index in [1.165, 1.54) is 23.8 Å². The zero-order valence-corrected chi connectivity index (χ0v) is 12.7. The van der Waals surface area contributed by atoms with Crippen molar-refractivity contribution < 1.29 is 13.5 Å². The summed E-state index contributed by atoms with van der Waals surface area (Å²) in [4.78, 5) is 0.206. The predicted octanol–water partition coefficient (Wildman–Crippen LogP) is 3.34. The van der Waals surface area contributed by atoms with Crippen molar-refractivity contribution in [3.8, 4) is 5.75 Å². The first kappa shape index (κ1) is 14.2. The number of halogens is 1. The number of benzene rings is 2. The summed E-state index contributed by atoms with van der Waals surface area (Å²) in [5.41, 5.74) is 2.40. The molecule has 0 bridgehead atoms. The zero-order valence-electron chi connectivity index (χ0n) is 11.1. The number of aromatic hydroxyl groups is 1. The van der Waals surface area contributed by atoms with E-state index in [2.05, 4.69) is 4.72 Å². The third kappa shape index (κ3) is 2.84. The number of phenols is 1. The van der Waals surface area contributed by atoms with Gasteiger partial charge in [0, 0.05) is 11.1 Å². The fourth-order valence-corrected chi connectivity index (χ4v) is 3.80. The molecule has 0 aliphatic heterocycles. The van der Waals surface area contributed by atoms with Crippen LogP contribution in [0.25, 0.3) is 0 Å². The monoisotopic (exact) mass is 323 g/mol. The van der Waals surface area contributed by atoms with E-state index in [0.29, 0.717) is 5.02 Å². The van der Waals surface area contributed by atoms with Gasteiger partial charge < -0.3 is 5.11 Å². The number of nitrogens with one attached hydrogen (secondary N) is 1. The molecule has 2 aromatic rings. The Morgan fingerprint density at radius 2 is 1.81 bits per heavy atom. The van der Waals surface area contributed by atoms with E-state index in [9.17, 15) is 13.5 Å². The average Bonchev–Trinajstić information content (AvgIpc) is 2.89.